The van der Waals surface area contributed by atoms with Crippen molar-refractivity contribution >= 4 is 17.7 Å². The molecule has 0 saturated carbocycles. The highest BCUT2D eigenvalue weighted by molar-refractivity contribution is 5.99. The molecule has 0 spiro atoms. The van der Waals surface area contributed by atoms with Crippen LogP contribution in [-0.4, -0.2) is 28.8 Å². The van der Waals surface area contributed by atoms with Crippen molar-refractivity contribution < 1.29 is 23.9 Å². The van der Waals surface area contributed by atoms with Crippen LogP contribution < -0.4 is 5.32 Å². The third-order valence-corrected chi connectivity index (χ3v) is 3.84. The summed E-state index contributed by atoms with van der Waals surface area (Å²) in [6.45, 7) is 5.13. The molecule has 1 rings (SSSR count). The average Bonchev–Trinajstić information content (AvgIpc) is 2.50. The normalized spacial score (nSPS) is 14.6. The van der Waals surface area contributed by atoms with Gasteiger partial charge in [0.1, 0.15) is 11.9 Å². The fourth-order valence-electron chi connectivity index (χ4n) is 2.21. The number of amides is 1. The van der Waals surface area contributed by atoms with Gasteiger partial charge in [-0.2, -0.15) is 0 Å². The number of rotatable bonds is 8. The Morgan fingerprint density at radius 3 is 2.43 bits per heavy atom. The molecule has 1 aromatic rings. The number of Topliss-reactive ketones (excluding diaryl/α,β-unsaturated/α-hetero) is 1. The highest BCUT2D eigenvalue weighted by atomic mass is 19.1. The van der Waals surface area contributed by atoms with Crippen molar-refractivity contribution in [2.45, 2.75) is 39.7 Å². The van der Waals surface area contributed by atoms with Gasteiger partial charge in [0, 0.05) is 17.9 Å². The number of carboxylic acids is 1. The SMILES string of the molecule is CC[C@H](C)[C@H](NC(=O)CC(C)C(=O)c1cccc(F)c1)C(=O)O. The van der Waals surface area contributed by atoms with Crippen molar-refractivity contribution in [2.75, 3.05) is 0 Å². The third-order valence-electron chi connectivity index (χ3n) is 3.84. The van der Waals surface area contributed by atoms with Crippen LogP contribution in [-0.2, 0) is 9.59 Å². The number of hydrogen-bond acceptors (Lipinski definition) is 3. The van der Waals surface area contributed by atoms with Gasteiger partial charge in [-0.1, -0.05) is 39.3 Å². The first kappa shape index (κ1) is 18.8. The van der Waals surface area contributed by atoms with E-state index in [1.54, 1.807) is 13.8 Å². The lowest BCUT2D eigenvalue weighted by Crippen LogP contribution is -2.45. The van der Waals surface area contributed by atoms with Crippen LogP contribution in [0.3, 0.4) is 0 Å². The molecule has 23 heavy (non-hydrogen) atoms. The zero-order valence-corrected chi connectivity index (χ0v) is 13.5. The second-order valence-electron chi connectivity index (χ2n) is 5.75. The summed E-state index contributed by atoms with van der Waals surface area (Å²) in [7, 11) is 0. The summed E-state index contributed by atoms with van der Waals surface area (Å²) in [6.07, 6.45) is 0.463. The van der Waals surface area contributed by atoms with Crippen molar-refractivity contribution in [1.29, 1.82) is 0 Å². The summed E-state index contributed by atoms with van der Waals surface area (Å²) in [5.74, 6) is -3.36. The lowest BCUT2D eigenvalue weighted by atomic mass is 9.95. The summed E-state index contributed by atoms with van der Waals surface area (Å²) in [5.41, 5.74) is 0.196. The first-order valence-electron chi connectivity index (χ1n) is 7.58. The topological polar surface area (TPSA) is 83.5 Å². The quantitative estimate of drug-likeness (QED) is 0.720. The van der Waals surface area contributed by atoms with Crippen molar-refractivity contribution in [3.63, 3.8) is 0 Å². The van der Waals surface area contributed by atoms with Gasteiger partial charge in [0.25, 0.3) is 0 Å². The molecule has 0 aliphatic heterocycles. The molecular weight excluding hydrogens is 301 g/mol. The van der Waals surface area contributed by atoms with Crippen LogP contribution in [0.2, 0.25) is 0 Å². The van der Waals surface area contributed by atoms with Crippen molar-refractivity contribution in [2.24, 2.45) is 11.8 Å². The maximum Gasteiger partial charge on any atom is 0.326 e. The van der Waals surface area contributed by atoms with E-state index in [-0.39, 0.29) is 23.7 Å². The number of halogens is 1. The van der Waals surface area contributed by atoms with E-state index >= 15 is 0 Å². The van der Waals surface area contributed by atoms with E-state index in [0.29, 0.717) is 6.42 Å². The number of carbonyl (C=O) groups excluding carboxylic acids is 2. The van der Waals surface area contributed by atoms with Crippen molar-refractivity contribution in [3.05, 3.63) is 35.6 Å². The third kappa shape index (κ3) is 5.47. The molecule has 0 saturated heterocycles. The Bertz CT molecular complexity index is 588. The van der Waals surface area contributed by atoms with Gasteiger partial charge in [-0.05, 0) is 18.1 Å². The van der Waals surface area contributed by atoms with Crippen LogP contribution in [0.1, 0.15) is 44.0 Å². The Morgan fingerprint density at radius 1 is 1.26 bits per heavy atom. The van der Waals surface area contributed by atoms with E-state index in [1.165, 1.54) is 18.2 Å². The molecule has 1 aromatic carbocycles. The minimum absolute atomic E-state index is 0.143. The van der Waals surface area contributed by atoms with Gasteiger partial charge in [0.2, 0.25) is 5.91 Å². The van der Waals surface area contributed by atoms with Crippen LogP contribution in [0.25, 0.3) is 0 Å². The van der Waals surface area contributed by atoms with Crippen LogP contribution >= 0.6 is 0 Å². The molecule has 3 atom stereocenters. The zero-order valence-electron chi connectivity index (χ0n) is 13.5. The van der Waals surface area contributed by atoms with Crippen molar-refractivity contribution in [1.82, 2.24) is 5.32 Å². The van der Waals surface area contributed by atoms with Crippen LogP contribution in [0, 0.1) is 17.7 Å². The second-order valence-corrected chi connectivity index (χ2v) is 5.75. The van der Waals surface area contributed by atoms with Gasteiger partial charge < -0.3 is 10.4 Å². The fraction of sp³-hybridized carbons (Fsp3) is 0.471. The maximum atomic E-state index is 13.1. The van der Waals surface area contributed by atoms with E-state index in [2.05, 4.69) is 5.32 Å². The molecule has 1 amide bonds. The Balaban J connectivity index is 2.69. The smallest absolute Gasteiger partial charge is 0.326 e. The Morgan fingerprint density at radius 2 is 1.91 bits per heavy atom. The number of hydrogen-bond donors (Lipinski definition) is 2. The molecule has 0 fully saturated rings. The number of aliphatic carboxylic acids is 1. The fourth-order valence-corrected chi connectivity index (χ4v) is 2.21. The van der Waals surface area contributed by atoms with Gasteiger partial charge in [0.05, 0.1) is 0 Å². The molecule has 0 aromatic heterocycles. The molecule has 0 heterocycles. The molecular formula is C17H22FNO4. The Kier molecular flexibility index (Phi) is 6.88. The van der Waals surface area contributed by atoms with E-state index in [9.17, 15) is 18.8 Å². The van der Waals surface area contributed by atoms with Gasteiger partial charge in [-0.25, -0.2) is 9.18 Å². The molecule has 1 unspecified atom stereocenters. The molecule has 126 valence electrons. The molecule has 5 nitrogen and oxygen atoms in total. The average molecular weight is 323 g/mol. The molecule has 6 heteroatoms. The second kappa shape index (κ2) is 8.41. The number of nitrogens with one attached hydrogen (secondary N) is 1. The first-order chi connectivity index (χ1) is 10.8. The summed E-state index contributed by atoms with van der Waals surface area (Å²) in [5, 5.41) is 11.6. The highest BCUT2D eigenvalue weighted by Crippen LogP contribution is 2.14. The summed E-state index contributed by atoms with van der Waals surface area (Å²) in [6, 6.07) is 4.29. The minimum atomic E-state index is -1.10. The van der Waals surface area contributed by atoms with Gasteiger partial charge in [-0.15, -0.1) is 0 Å². The van der Waals surface area contributed by atoms with Crippen molar-refractivity contribution in [3.8, 4) is 0 Å². The lowest BCUT2D eigenvalue weighted by molar-refractivity contribution is -0.143. The monoisotopic (exact) mass is 323 g/mol. The van der Waals surface area contributed by atoms with Gasteiger partial charge >= 0.3 is 5.97 Å². The minimum Gasteiger partial charge on any atom is -0.480 e. The van der Waals surface area contributed by atoms with Gasteiger partial charge in [0.15, 0.2) is 5.78 Å². The predicted octanol–water partition coefficient (Wildman–Crippen LogP) is 2.65. The maximum absolute atomic E-state index is 13.1. The summed E-state index contributed by atoms with van der Waals surface area (Å²) in [4.78, 5) is 35.4. The van der Waals surface area contributed by atoms with Gasteiger partial charge in [-0.3, -0.25) is 9.59 Å². The van der Waals surface area contributed by atoms with E-state index in [0.717, 1.165) is 6.07 Å². The first-order valence-corrected chi connectivity index (χ1v) is 7.58. The van der Waals surface area contributed by atoms with E-state index in [1.807, 2.05) is 6.92 Å². The van der Waals surface area contributed by atoms with E-state index < -0.39 is 29.7 Å². The molecule has 0 bridgehead atoms. The molecule has 0 aliphatic carbocycles. The lowest BCUT2D eigenvalue weighted by Gasteiger charge is -2.21. The predicted molar refractivity (Wildman–Crippen MR) is 83.5 cm³/mol. The largest absolute Gasteiger partial charge is 0.480 e. The van der Waals surface area contributed by atoms with Crippen LogP contribution in [0.15, 0.2) is 24.3 Å². The standard InChI is InChI=1S/C17H22FNO4/c1-4-10(2)15(17(22)23)19-14(20)8-11(3)16(21)12-6-5-7-13(18)9-12/h5-7,9-11,15H,4,8H2,1-3H3,(H,19,20)(H,22,23)/t10-,11?,15-/m0/s1. The van der Waals surface area contributed by atoms with Crippen LogP contribution in [0.5, 0.6) is 0 Å². The summed E-state index contributed by atoms with van der Waals surface area (Å²) < 4.78 is 13.1. The zero-order chi connectivity index (χ0) is 17.6. The van der Waals surface area contributed by atoms with E-state index in [4.69, 9.17) is 5.11 Å². The molecule has 0 radical (unpaired) electrons. The Labute approximate surface area is 134 Å². The summed E-state index contributed by atoms with van der Waals surface area (Å²) >= 11 is 0. The number of benzene rings is 1. The number of carboxylic acid groups (broad SMARTS) is 1. The molecule has 2 N–H and O–H groups in total. The highest BCUT2D eigenvalue weighted by Gasteiger charge is 2.27. The van der Waals surface area contributed by atoms with Crippen LogP contribution in [0.4, 0.5) is 4.39 Å². The number of carbonyl (C=O) groups is 3. The Hall–Kier alpha value is -2.24. The molecule has 0 aliphatic rings. The number of ketones is 1.